The molecule has 0 bridgehead atoms. The number of para-hydroxylation sites is 3. The van der Waals surface area contributed by atoms with E-state index < -0.39 is 0 Å². The largest absolute Gasteiger partial charge is 0.310 e. The van der Waals surface area contributed by atoms with Crippen LogP contribution in [0, 0.1) is 18.3 Å². The molecular weight excluding hydrogens is 657 g/mol. The lowest BCUT2D eigenvalue weighted by atomic mass is 9.68. The van der Waals surface area contributed by atoms with E-state index in [1.807, 2.05) is 12.1 Å². The smallest absolute Gasteiger partial charge is 0.0991 e. The molecule has 0 aliphatic carbocycles. The Morgan fingerprint density at radius 3 is 1.33 bits per heavy atom. The van der Waals surface area contributed by atoms with Crippen molar-refractivity contribution in [2.75, 3.05) is 9.80 Å². The Balaban J connectivity index is 1.35. The van der Waals surface area contributed by atoms with Crippen molar-refractivity contribution in [3.8, 4) is 11.8 Å². The summed E-state index contributed by atoms with van der Waals surface area (Å²) in [5.74, 6) is 0. The molecule has 54 heavy (non-hydrogen) atoms. The first kappa shape index (κ1) is 32.1. The maximum absolute atomic E-state index is 9.65. The topological polar surface area (TPSA) is 35.2 Å². The van der Waals surface area contributed by atoms with Crippen LogP contribution in [0.1, 0.15) is 61.1 Å². The predicted molar refractivity (Wildman–Crippen MR) is 224 cm³/mol. The third kappa shape index (κ3) is 4.48. The highest BCUT2D eigenvalue weighted by atomic mass is 15.2. The van der Waals surface area contributed by atoms with Crippen molar-refractivity contribution in [1.82, 2.24) is 4.57 Å². The molecule has 4 nitrogen and oxygen atoms in total. The Labute approximate surface area is 316 Å². The lowest BCUT2D eigenvalue weighted by Gasteiger charge is -2.42. The molecule has 0 atom stereocenters. The summed E-state index contributed by atoms with van der Waals surface area (Å²) in [5, 5.41) is 12.1. The molecule has 0 radical (unpaired) electrons. The van der Waals surface area contributed by atoms with Gasteiger partial charge in [-0.15, -0.1) is 0 Å². The van der Waals surface area contributed by atoms with Gasteiger partial charge in [-0.25, -0.2) is 0 Å². The zero-order valence-electron chi connectivity index (χ0n) is 31.2. The summed E-state index contributed by atoms with van der Waals surface area (Å²) >= 11 is 0. The Morgan fingerprint density at radius 1 is 0.463 bits per heavy atom. The summed E-state index contributed by atoms with van der Waals surface area (Å²) in [6, 6.07) is 57.0. The van der Waals surface area contributed by atoms with Crippen molar-refractivity contribution in [2.45, 2.75) is 45.4 Å². The number of aryl methyl sites for hydroxylation is 1. The maximum atomic E-state index is 9.65. The van der Waals surface area contributed by atoms with Crippen molar-refractivity contribution in [3.63, 3.8) is 0 Å². The molecule has 0 saturated heterocycles. The van der Waals surface area contributed by atoms with Crippen molar-refractivity contribution in [3.05, 3.63) is 185 Å². The van der Waals surface area contributed by atoms with Gasteiger partial charge in [-0.05, 0) is 114 Å². The van der Waals surface area contributed by atoms with E-state index in [9.17, 15) is 5.26 Å². The van der Waals surface area contributed by atoms with Crippen molar-refractivity contribution >= 4 is 55.9 Å². The number of hydrogen-bond acceptors (Lipinski definition) is 3. The first-order chi connectivity index (χ1) is 26.2. The Bertz CT molecular complexity index is 2820. The van der Waals surface area contributed by atoms with Gasteiger partial charge in [0.05, 0.1) is 28.4 Å². The molecule has 0 N–H and O–H groups in total. The normalized spacial score (nSPS) is 14.3. The fourth-order valence-corrected chi connectivity index (χ4v) is 9.19. The molecule has 0 unspecified atom stereocenters. The Morgan fingerprint density at radius 2 is 0.889 bits per heavy atom. The maximum Gasteiger partial charge on any atom is 0.0991 e. The molecule has 2 aliphatic heterocycles. The van der Waals surface area contributed by atoms with Gasteiger partial charge < -0.3 is 14.4 Å². The molecule has 4 heteroatoms. The zero-order valence-corrected chi connectivity index (χ0v) is 31.2. The quantitative estimate of drug-likeness (QED) is 0.174. The summed E-state index contributed by atoms with van der Waals surface area (Å²) < 4.78 is 2.59. The average molecular weight is 697 g/mol. The predicted octanol–water partition coefficient (Wildman–Crippen LogP) is 13.2. The van der Waals surface area contributed by atoms with Gasteiger partial charge in [0.15, 0.2) is 0 Å². The Hall–Kier alpha value is -6.57. The van der Waals surface area contributed by atoms with Crippen LogP contribution in [0.2, 0.25) is 0 Å². The SMILES string of the molecule is Cc1ccc(N(c2ccccc2)c2cc3c4c(c2)c2cc(N(c5ccccc5)c5ccc(C#N)cc5)cc5c2n4-c2c(cccc2C5(C)C)C3(C)C)cc1. The van der Waals surface area contributed by atoms with Gasteiger partial charge in [0.2, 0.25) is 0 Å². The third-order valence-corrected chi connectivity index (χ3v) is 12.0. The van der Waals surface area contributed by atoms with E-state index in [1.54, 1.807) is 0 Å². The fourth-order valence-electron chi connectivity index (χ4n) is 9.19. The van der Waals surface area contributed by atoms with Gasteiger partial charge >= 0.3 is 0 Å². The molecule has 0 amide bonds. The van der Waals surface area contributed by atoms with Crippen LogP contribution >= 0.6 is 0 Å². The molecule has 8 aromatic rings. The van der Waals surface area contributed by atoms with Crippen LogP contribution < -0.4 is 9.80 Å². The number of anilines is 6. The minimum absolute atomic E-state index is 0.255. The van der Waals surface area contributed by atoms with E-state index in [-0.39, 0.29) is 10.8 Å². The van der Waals surface area contributed by atoms with Crippen molar-refractivity contribution < 1.29 is 0 Å². The summed E-state index contributed by atoms with van der Waals surface area (Å²) in [5.41, 5.74) is 17.1. The van der Waals surface area contributed by atoms with Crippen LogP contribution in [0.25, 0.3) is 27.5 Å². The molecule has 3 heterocycles. The van der Waals surface area contributed by atoms with Crippen LogP contribution in [-0.2, 0) is 10.8 Å². The van der Waals surface area contributed by atoms with E-state index in [0.29, 0.717) is 5.56 Å². The lowest BCUT2D eigenvalue weighted by molar-refractivity contribution is 0.593. The first-order valence-corrected chi connectivity index (χ1v) is 18.8. The second-order valence-electron chi connectivity index (χ2n) is 15.9. The molecule has 0 spiro atoms. The second kappa shape index (κ2) is 11.5. The van der Waals surface area contributed by atoms with E-state index in [1.165, 1.54) is 55.3 Å². The summed E-state index contributed by atoms with van der Waals surface area (Å²) in [4.78, 5) is 4.74. The van der Waals surface area contributed by atoms with E-state index in [0.717, 1.165) is 34.1 Å². The second-order valence-corrected chi connectivity index (χ2v) is 15.9. The molecule has 2 aliphatic rings. The van der Waals surface area contributed by atoms with Crippen LogP contribution in [0.3, 0.4) is 0 Å². The van der Waals surface area contributed by atoms with Crippen LogP contribution in [0.4, 0.5) is 34.1 Å². The monoisotopic (exact) mass is 696 g/mol. The van der Waals surface area contributed by atoms with Crippen molar-refractivity contribution in [1.29, 1.82) is 5.26 Å². The molecular formula is C50H40N4. The van der Waals surface area contributed by atoms with Crippen LogP contribution in [0.15, 0.2) is 152 Å². The first-order valence-electron chi connectivity index (χ1n) is 18.8. The summed E-state index contributed by atoms with van der Waals surface area (Å²) in [6.07, 6.45) is 0. The minimum Gasteiger partial charge on any atom is -0.310 e. The van der Waals surface area contributed by atoms with E-state index in [4.69, 9.17) is 0 Å². The minimum atomic E-state index is -0.272. The fraction of sp³-hybridized carbons (Fsp3) is 0.140. The molecule has 1 aromatic heterocycles. The number of fused-ring (bicyclic) bond motifs is 1. The molecule has 10 rings (SSSR count). The number of rotatable bonds is 6. The highest BCUT2D eigenvalue weighted by molar-refractivity contribution is 6.16. The molecule has 0 fully saturated rings. The number of hydrogen-bond donors (Lipinski definition) is 0. The van der Waals surface area contributed by atoms with E-state index in [2.05, 4.69) is 195 Å². The van der Waals surface area contributed by atoms with Gasteiger partial charge in [0, 0.05) is 55.7 Å². The number of aromatic nitrogens is 1. The highest BCUT2D eigenvalue weighted by Crippen LogP contribution is 2.57. The lowest BCUT2D eigenvalue weighted by Crippen LogP contribution is -2.33. The summed E-state index contributed by atoms with van der Waals surface area (Å²) in [6.45, 7) is 11.7. The highest BCUT2D eigenvalue weighted by Gasteiger charge is 2.44. The van der Waals surface area contributed by atoms with Gasteiger partial charge in [-0.3, -0.25) is 0 Å². The molecule has 7 aromatic carbocycles. The van der Waals surface area contributed by atoms with E-state index >= 15 is 0 Å². The number of nitriles is 1. The summed E-state index contributed by atoms with van der Waals surface area (Å²) in [7, 11) is 0. The van der Waals surface area contributed by atoms with Gasteiger partial charge in [-0.2, -0.15) is 5.26 Å². The van der Waals surface area contributed by atoms with Crippen LogP contribution in [-0.4, -0.2) is 4.57 Å². The van der Waals surface area contributed by atoms with Crippen molar-refractivity contribution in [2.24, 2.45) is 0 Å². The Kier molecular flexibility index (Phi) is 6.82. The molecule has 260 valence electrons. The molecule has 0 saturated carbocycles. The van der Waals surface area contributed by atoms with Gasteiger partial charge in [0.1, 0.15) is 0 Å². The van der Waals surface area contributed by atoms with Crippen LogP contribution in [0.5, 0.6) is 0 Å². The third-order valence-electron chi connectivity index (χ3n) is 12.0. The number of benzene rings is 7. The average Bonchev–Trinajstić information content (AvgIpc) is 3.52. The number of nitrogens with zero attached hydrogens (tertiary/aromatic N) is 4. The standard InChI is InChI=1S/C50H40N4/c1-32-19-23-36(24-20-32)52(34-13-8-6-9-14-34)38-27-40-41-28-39(53(35-15-10-7-11-16-35)37-25-21-33(31-51)22-26-37)30-45-47(41)54-46(40)44(29-38)49(2,3)42-17-12-18-43(48(42)54)50(45,4)5/h6-30H,1-5H3. The van der Waals surface area contributed by atoms with Gasteiger partial charge in [0.25, 0.3) is 0 Å². The van der Waals surface area contributed by atoms with Gasteiger partial charge in [-0.1, -0.05) is 100.0 Å². The zero-order chi connectivity index (χ0) is 36.9.